The highest BCUT2D eigenvalue weighted by Crippen LogP contribution is 2.20. The van der Waals surface area contributed by atoms with Gasteiger partial charge in [0.05, 0.1) is 5.69 Å². The van der Waals surface area contributed by atoms with E-state index < -0.39 is 0 Å². The van der Waals surface area contributed by atoms with E-state index in [0.29, 0.717) is 17.7 Å². The third kappa shape index (κ3) is 2.45. The largest absolute Gasteiger partial charge is 0.329 e. The molecule has 0 spiro atoms. The van der Waals surface area contributed by atoms with Gasteiger partial charge in [-0.2, -0.15) is 0 Å². The summed E-state index contributed by atoms with van der Waals surface area (Å²) in [5.74, 6) is 0. The molecule has 82 valence electrons. The van der Waals surface area contributed by atoms with Crippen molar-refractivity contribution >= 4 is 11.6 Å². The van der Waals surface area contributed by atoms with Crippen LogP contribution in [0, 0.1) is 0 Å². The number of hydrogen-bond donors (Lipinski definition) is 1. The van der Waals surface area contributed by atoms with Crippen molar-refractivity contribution in [3.63, 3.8) is 0 Å². The van der Waals surface area contributed by atoms with E-state index in [0.717, 1.165) is 18.8 Å². The average molecular weight is 227 g/mol. The van der Waals surface area contributed by atoms with E-state index in [9.17, 15) is 0 Å². The number of rotatable bonds is 3. The molecule has 2 heterocycles. The van der Waals surface area contributed by atoms with Gasteiger partial charge in [-0.3, -0.25) is 9.88 Å². The number of nitrogens with zero attached hydrogens (tertiary/aromatic N) is 3. The van der Waals surface area contributed by atoms with Gasteiger partial charge in [-0.15, -0.1) is 0 Å². The van der Waals surface area contributed by atoms with Crippen LogP contribution in [0.5, 0.6) is 0 Å². The van der Waals surface area contributed by atoms with E-state index in [2.05, 4.69) is 14.9 Å². The number of likely N-dealkylation sites (tertiary alicyclic amines) is 1. The Balaban J connectivity index is 2.05. The molecule has 15 heavy (non-hydrogen) atoms. The van der Waals surface area contributed by atoms with Gasteiger partial charge in [-0.1, -0.05) is 11.6 Å². The average Bonchev–Trinajstić information content (AvgIpc) is 2.69. The maximum absolute atomic E-state index is 5.96. The number of halogens is 1. The SMILES string of the molecule is NCC1CCCN1Cc1nccnc1Cl. The second-order valence-electron chi connectivity index (χ2n) is 3.80. The summed E-state index contributed by atoms with van der Waals surface area (Å²) in [5.41, 5.74) is 6.55. The lowest BCUT2D eigenvalue weighted by Crippen LogP contribution is -2.35. The molecule has 1 atom stereocenters. The van der Waals surface area contributed by atoms with Crippen LogP contribution in [0.25, 0.3) is 0 Å². The molecule has 1 aliphatic rings. The molecule has 4 nitrogen and oxygen atoms in total. The zero-order valence-electron chi connectivity index (χ0n) is 8.56. The molecule has 2 rings (SSSR count). The van der Waals surface area contributed by atoms with Crippen molar-refractivity contribution in [2.45, 2.75) is 25.4 Å². The molecular formula is C10H15ClN4. The van der Waals surface area contributed by atoms with Crippen molar-refractivity contribution in [1.29, 1.82) is 0 Å². The van der Waals surface area contributed by atoms with Crippen molar-refractivity contribution in [3.05, 3.63) is 23.2 Å². The Hall–Kier alpha value is -0.710. The van der Waals surface area contributed by atoms with Crippen LogP contribution in [-0.4, -0.2) is 34.0 Å². The second-order valence-corrected chi connectivity index (χ2v) is 4.15. The highest BCUT2D eigenvalue weighted by molar-refractivity contribution is 6.29. The van der Waals surface area contributed by atoms with Crippen molar-refractivity contribution in [3.8, 4) is 0 Å². The standard InChI is InChI=1S/C10H15ClN4/c11-10-9(13-3-4-14-10)7-15-5-1-2-8(15)6-12/h3-4,8H,1-2,5-7,12H2. The smallest absolute Gasteiger partial charge is 0.151 e. The minimum Gasteiger partial charge on any atom is -0.329 e. The fourth-order valence-corrected chi connectivity index (χ4v) is 2.18. The van der Waals surface area contributed by atoms with Gasteiger partial charge in [-0.25, -0.2) is 4.98 Å². The van der Waals surface area contributed by atoms with Crippen molar-refractivity contribution in [2.24, 2.45) is 5.73 Å². The lowest BCUT2D eigenvalue weighted by atomic mass is 10.2. The zero-order chi connectivity index (χ0) is 10.7. The van der Waals surface area contributed by atoms with Crippen molar-refractivity contribution in [2.75, 3.05) is 13.1 Å². The highest BCUT2D eigenvalue weighted by Gasteiger charge is 2.24. The first-order valence-electron chi connectivity index (χ1n) is 5.20. The molecule has 1 aromatic rings. The second kappa shape index (κ2) is 4.88. The molecule has 1 unspecified atom stereocenters. The van der Waals surface area contributed by atoms with Crippen LogP contribution in [0.1, 0.15) is 18.5 Å². The highest BCUT2D eigenvalue weighted by atomic mass is 35.5. The van der Waals surface area contributed by atoms with Crippen LogP contribution in [0.4, 0.5) is 0 Å². The first-order valence-corrected chi connectivity index (χ1v) is 5.58. The Kier molecular flexibility index (Phi) is 3.51. The predicted molar refractivity (Wildman–Crippen MR) is 59.5 cm³/mol. The summed E-state index contributed by atoms with van der Waals surface area (Å²) in [5, 5.41) is 0.500. The third-order valence-corrected chi connectivity index (χ3v) is 3.16. The van der Waals surface area contributed by atoms with Gasteiger partial charge < -0.3 is 5.73 Å². The molecule has 1 saturated heterocycles. The predicted octanol–water partition coefficient (Wildman–Crippen LogP) is 1.05. The van der Waals surface area contributed by atoms with Crippen LogP contribution in [0.15, 0.2) is 12.4 Å². The molecule has 1 fully saturated rings. The molecule has 2 N–H and O–H groups in total. The van der Waals surface area contributed by atoms with Crippen LogP contribution < -0.4 is 5.73 Å². The fraction of sp³-hybridized carbons (Fsp3) is 0.600. The van der Waals surface area contributed by atoms with E-state index >= 15 is 0 Å². The summed E-state index contributed by atoms with van der Waals surface area (Å²) in [6.07, 6.45) is 5.67. The molecule has 0 aromatic carbocycles. The van der Waals surface area contributed by atoms with Gasteiger partial charge in [0, 0.05) is 31.5 Å². The summed E-state index contributed by atoms with van der Waals surface area (Å²) in [4.78, 5) is 10.6. The molecule has 0 bridgehead atoms. The topological polar surface area (TPSA) is 55.0 Å². The zero-order valence-corrected chi connectivity index (χ0v) is 9.32. The van der Waals surface area contributed by atoms with Gasteiger partial charge in [0.1, 0.15) is 0 Å². The summed E-state index contributed by atoms with van der Waals surface area (Å²) in [7, 11) is 0. The quantitative estimate of drug-likeness (QED) is 0.837. The van der Waals surface area contributed by atoms with Crippen LogP contribution in [0.3, 0.4) is 0 Å². The Morgan fingerprint density at radius 2 is 2.27 bits per heavy atom. The van der Waals surface area contributed by atoms with Crippen molar-refractivity contribution < 1.29 is 0 Å². The summed E-state index contributed by atoms with van der Waals surface area (Å²) >= 11 is 5.96. The summed E-state index contributed by atoms with van der Waals surface area (Å²) < 4.78 is 0. The normalized spacial score (nSPS) is 22.1. The first-order chi connectivity index (χ1) is 7.31. The Bertz CT molecular complexity index is 331. The first kappa shape index (κ1) is 10.8. The lowest BCUT2D eigenvalue weighted by Gasteiger charge is -2.22. The van der Waals surface area contributed by atoms with Crippen molar-refractivity contribution in [1.82, 2.24) is 14.9 Å². The van der Waals surface area contributed by atoms with Crippen LogP contribution >= 0.6 is 11.6 Å². The summed E-state index contributed by atoms with van der Waals surface area (Å²) in [6.45, 7) is 2.54. The number of nitrogens with two attached hydrogens (primary N) is 1. The summed E-state index contributed by atoms with van der Waals surface area (Å²) in [6, 6.07) is 0.475. The van der Waals surface area contributed by atoms with Gasteiger partial charge in [0.15, 0.2) is 5.15 Å². The number of hydrogen-bond acceptors (Lipinski definition) is 4. The van der Waals surface area contributed by atoms with Gasteiger partial charge >= 0.3 is 0 Å². The minimum atomic E-state index is 0.475. The lowest BCUT2D eigenvalue weighted by molar-refractivity contribution is 0.247. The fourth-order valence-electron chi connectivity index (χ4n) is 2.02. The van der Waals surface area contributed by atoms with E-state index in [1.54, 1.807) is 12.4 Å². The Morgan fingerprint density at radius 1 is 1.47 bits per heavy atom. The molecule has 0 amide bonds. The molecule has 1 aromatic heterocycles. The van der Waals surface area contributed by atoms with E-state index in [1.165, 1.54) is 12.8 Å². The molecule has 0 saturated carbocycles. The maximum atomic E-state index is 5.96. The molecule has 0 aliphatic carbocycles. The minimum absolute atomic E-state index is 0.475. The molecule has 0 radical (unpaired) electrons. The van der Waals surface area contributed by atoms with Gasteiger partial charge in [0.25, 0.3) is 0 Å². The third-order valence-electron chi connectivity index (χ3n) is 2.85. The van der Waals surface area contributed by atoms with Crippen LogP contribution in [-0.2, 0) is 6.54 Å². The Morgan fingerprint density at radius 3 is 3.00 bits per heavy atom. The molecular weight excluding hydrogens is 212 g/mol. The van der Waals surface area contributed by atoms with Crippen LogP contribution in [0.2, 0.25) is 5.15 Å². The van der Waals surface area contributed by atoms with E-state index in [4.69, 9.17) is 17.3 Å². The van der Waals surface area contributed by atoms with Gasteiger partial charge in [0.2, 0.25) is 0 Å². The van der Waals surface area contributed by atoms with E-state index in [-0.39, 0.29) is 0 Å². The molecule has 1 aliphatic heterocycles. The number of aromatic nitrogens is 2. The molecule has 5 heteroatoms. The monoisotopic (exact) mass is 226 g/mol. The van der Waals surface area contributed by atoms with E-state index in [1.807, 2.05) is 0 Å². The van der Waals surface area contributed by atoms with Gasteiger partial charge in [-0.05, 0) is 19.4 Å². The maximum Gasteiger partial charge on any atom is 0.151 e. The Labute approximate surface area is 94.5 Å².